The van der Waals surface area contributed by atoms with Crippen molar-refractivity contribution in [1.82, 2.24) is 24.1 Å². The van der Waals surface area contributed by atoms with Crippen molar-refractivity contribution in [3.8, 4) is 34.4 Å². The molecule has 0 aliphatic rings. The van der Waals surface area contributed by atoms with Gasteiger partial charge in [0.2, 0.25) is 5.95 Å². The third kappa shape index (κ3) is 4.30. The Labute approximate surface area is 296 Å². The molecule has 11 rings (SSSR count). The summed E-state index contributed by atoms with van der Waals surface area (Å²) < 4.78 is 7.15. The average Bonchev–Trinajstić information content (AvgIpc) is 3.84. The van der Waals surface area contributed by atoms with E-state index in [1.54, 1.807) is 0 Å². The van der Waals surface area contributed by atoms with Gasteiger partial charge in [0, 0.05) is 58.5 Å². The predicted molar refractivity (Wildman–Crippen MR) is 212 cm³/mol. The Morgan fingerprint density at radius 1 is 0.353 bits per heavy atom. The van der Waals surface area contributed by atoms with E-state index in [9.17, 15) is 0 Å². The Morgan fingerprint density at radius 3 is 1.65 bits per heavy atom. The third-order valence-corrected chi connectivity index (χ3v) is 11.1. The van der Waals surface area contributed by atoms with Gasteiger partial charge in [0.05, 0.1) is 22.1 Å². The van der Waals surface area contributed by atoms with E-state index in [-0.39, 0.29) is 0 Å². The van der Waals surface area contributed by atoms with Crippen LogP contribution in [-0.4, -0.2) is 24.1 Å². The van der Waals surface area contributed by atoms with Gasteiger partial charge in [-0.2, -0.15) is 9.97 Å². The normalized spacial score (nSPS) is 11.9. The Kier molecular flexibility index (Phi) is 6.05. The van der Waals surface area contributed by atoms with Crippen molar-refractivity contribution in [3.05, 3.63) is 164 Å². The van der Waals surface area contributed by atoms with Crippen LogP contribution in [0, 0.1) is 0 Å². The van der Waals surface area contributed by atoms with Crippen LogP contribution in [0.2, 0.25) is 0 Å². The molecule has 0 radical (unpaired) electrons. The van der Waals surface area contributed by atoms with Gasteiger partial charge in [-0.3, -0.25) is 4.57 Å². The molecule has 0 atom stereocenters. The minimum Gasteiger partial charge on any atom is -0.309 e. The highest BCUT2D eigenvalue weighted by atomic mass is 32.1. The molecule has 0 unspecified atom stereocenters. The van der Waals surface area contributed by atoms with E-state index < -0.39 is 0 Å². The standard InChI is InChI=1S/C45H27N5S/c1-2-13-28(14-3-1)43-46-44(48-45(47-43)50-38-22-9-4-17-31(38)32-18-5-10-23-39(32)50)29-15-12-16-30(25-29)49-37-21-8-6-19-33(37)35-27-42-36(26-40(35)49)34-20-7-11-24-41(34)51-42/h1-27H. The van der Waals surface area contributed by atoms with Crippen molar-refractivity contribution in [2.24, 2.45) is 0 Å². The smallest absolute Gasteiger partial charge is 0.238 e. The van der Waals surface area contributed by atoms with Crippen molar-refractivity contribution >= 4 is 75.1 Å². The molecule has 11 aromatic rings. The SMILES string of the molecule is c1ccc(-c2nc(-c3cccc(-n4c5ccccc5c5cc6sc7ccccc7c6cc54)c3)nc(-n3c4ccccc4c4ccccc43)n2)cc1. The highest BCUT2D eigenvalue weighted by Crippen LogP contribution is 2.41. The second-order valence-electron chi connectivity index (χ2n) is 12.9. The molecule has 238 valence electrons. The van der Waals surface area contributed by atoms with E-state index in [0.29, 0.717) is 17.6 Å². The molecule has 6 heteroatoms. The molecule has 4 heterocycles. The van der Waals surface area contributed by atoms with Crippen LogP contribution in [-0.2, 0) is 0 Å². The number of thiophene rings is 1. The quantitative estimate of drug-likeness (QED) is 0.187. The molecular formula is C45H27N5S. The molecule has 4 aromatic heterocycles. The van der Waals surface area contributed by atoms with Crippen molar-refractivity contribution in [2.75, 3.05) is 0 Å². The summed E-state index contributed by atoms with van der Waals surface area (Å²) in [5, 5.41) is 7.38. The summed E-state index contributed by atoms with van der Waals surface area (Å²) in [6, 6.07) is 57.8. The number of aromatic nitrogens is 5. The van der Waals surface area contributed by atoms with Gasteiger partial charge >= 0.3 is 0 Å². The monoisotopic (exact) mass is 669 g/mol. The van der Waals surface area contributed by atoms with Crippen molar-refractivity contribution in [1.29, 1.82) is 0 Å². The first-order valence-corrected chi connectivity index (χ1v) is 17.9. The zero-order valence-corrected chi connectivity index (χ0v) is 28.0. The number of hydrogen-bond acceptors (Lipinski definition) is 4. The van der Waals surface area contributed by atoms with Crippen LogP contribution in [0.5, 0.6) is 0 Å². The summed E-state index contributed by atoms with van der Waals surface area (Å²) in [6.45, 7) is 0. The first-order chi connectivity index (χ1) is 25.3. The van der Waals surface area contributed by atoms with Crippen LogP contribution in [0.3, 0.4) is 0 Å². The van der Waals surface area contributed by atoms with Crippen LogP contribution in [0.25, 0.3) is 98.2 Å². The van der Waals surface area contributed by atoms with E-state index in [2.05, 4.69) is 155 Å². The molecule has 0 fully saturated rings. The molecular weight excluding hydrogens is 643 g/mol. The maximum Gasteiger partial charge on any atom is 0.238 e. The zero-order chi connectivity index (χ0) is 33.5. The number of nitrogens with zero attached hydrogens (tertiary/aromatic N) is 5. The summed E-state index contributed by atoms with van der Waals surface area (Å²) in [5.74, 6) is 1.84. The zero-order valence-electron chi connectivity index (χ0n) is 27.2. The minimum atomic E-state index is 0.588. The predicted octanol–water partition coefficient (Wildman–Crippen LogP) is 11.8. The summed E-state index contributed by atoms with van der Waals surface area (Å²) in [7, 11) is 0. The van der Waals surface area contributed by atoms with Gasteiger partial charge in [0.15, 0.2) is 11.6 Å². The topological polar surface area (TPSA) is 48.5 Å². The fourth-order valence-electron chi connectivity index (χ4n) is 7.70. The van der Waals surface area contributed by atoms with E-state index in [0.717, 1.165) is 44.1 Å². The number of benzene rings is 7. The maximum absolute atomic E-state index is 5.22. The molecule has 0 spiro atoms. The first-order valence-electron chi connectivity index (χ1n) is 17.0. The van der Waals surface area contributed by atoms with Gasteiger partial charge < -0.3 is 4.57 Å². The van der Waals surface area contributed by atoms with Crippen LogP contribution in [0.1, 0.15) is 0 Å². The van der Waals surface area contributed by atoms with Gasteiger partial charge in [-0.25, -0.2) is 4.98 Å². The van der Waals surface area contributed by atoms with Crippen LogP contribution >= 0.6 is 11.3 Å². The van der Waals surface area contributed by atoms with Crippen LogP contribution in [0.15, 0.2) is 164 Å². The Balaban J connectivity index is 1.16. The maximum atomic E-state index is 5.22. The minimum absolute atomic E-state index is 0.588. The van der Waals surface area contributed by atoms with E-state index in [1.165, 1.54) is 36.5 Å². The molecule has 0 N–H and O–H groups in total. The molecule has 51 heavy (non-hydrogen) atoms. The molecule has 0 saturated carbocycles. The highest BCUT2D eigenvalue weighted by Gasteiger charge is 2.19. The number of fused-ring (bicyclic) bond motifs is 9. The molecule has 0 saturated heterocycles. The highest BCUT2D eigenvalue weighted by molar-refractivity contribution is 7.25. The third-order valence-electron chi connectivity index (χ3n) is 9.97. The molecule has 0 aliphatic carbocycles. The van der Waals surface area contributed by atoms with Crippen LogP contribution < -0.4 is 0 Å². The average molecular weight is 670 g/mol. The number of para-hydroxylation sites is 3. The summed E-state index contributed by atoms with van der Waals surface area (Å²) in [5.41, 5.74) is 7.37. The lowest BCUT2D eigenvalue weighted by molar-refractivity contribution is 0.953. The molecule has 7 aromatic carbocycles. The van der Waals surface area contributed by atoms with Crippen LogP contribution in [0.4, 0.5) is 0 Å². The molecule has 5 nitrogen and oxygen atoms in total. The second kappa shape index (κ2) is 10.9. The lowest BCUT2D eigenvalue weighted by atomic mass is 10.1. The molecule has 0 bridgehead atoms. The summed E-state index contributed by atoms with van der Waals surface area (Å²) in [6.07, 6.45) is 0. The summed E-state index contributed by atoms with van der Waals surface area (Å²) >= 11 is 1.86. The van der Waals surface area contributed by atoms with Gasteiger partial charge in [-0.15, -0.1) is 11.3 Å². The van der Waals surface area contributed by atoms with E-state index in [1.807, 2.05) is 29.5 Å². The van der Waals surface area contributed by atoms with Crippen molar-refractivity contribution in [3.63, 3.8) is 0 Å². The lowest BCUT2D eigenvalue weighted by Crippen LogP contribution is -2.06. The van der Waals surface area contributed by atoms with Gasteiger partial charge in [0.1, 0.15) is 0 Å². The Morgan fingerprint density at radius 2 is 0.922 bits per heavy atom. The lowest BCUT2D eigenvalue weighted by Gasteiger charge is -2.12. The fraction of sp³-hybridized carbons (Fsp3) is 0. The van der Waals surface area contributed by atoms with Crippen molar-refractivity contribution < 1.29 is 0 Å². The molecule has 0 aliphatic heterocycles. The van der Waals surface area contributed by atoms with Gasteiger partial charge in [-0.05, 0) is 48.5 Å². The largest absolute Gasteiger partial charge is 0.309 e. The first kappa shape index (κ1) is 28.2. The van der Waals surface area contributed by atoms with Crippen molar-refractivity contribution in [2.45, 2.75) is 0 Å². The van der Waals surface area contributed by atoms with E-state index >= 15 is 0 Å². The second-order valence-corrected chi connectivity index (χ2v) is 14.0. The number of hydrogen-bond donors (Lipinski definition) is 0. The summed E-state index contributed by atoms with van der Waals surface area (Å²) in [4.78, 5) is 15.4. The molecule has 0 amide bonds. The Hall–Kier alpha value is -6.63. The Bertz CT molecular complexity index is 3100. The van der Waals surface area contributed by atoms with Gasteiger partial charge in [-0.1, -0.05) is 115 Å². The van der Waals surface area contributed by atoms with Gasteiger partial charge in [0.25, 0.3) is 0 Å². The van der Waals surface area contributed by atoms with E-state index in [4.69, 9.17) is 15.0 Å². The number of rotatable bonds is 4. The fourth-order valence-corrected chi connectivity index (χ4v) is 8.82.